The molecule has 1 aromatic carbocycles. The van der Waals surface area contributed by atoms with Crippen LogP contribution in [-0.2, 0) is 13.1 Å². The van der Waals surface area contributed by atoms with Crippen LogP contribution in [0.3, 0.4) is 0 Å². The number of benzene rings is 1. The molecule has 5 heteroatoms. The van der Waals surface area contributed by atoms with Crippen molar-refractivity contribution >= 4 is 17.4 Å². The highest BCUT2D eigenvalue weighted by molar-refractivity contribution is 6.31. The molecule has 0 bridgehead atoms. The van der Waals surface area contributed by atoms with Crippen LogP contribution in [0.4, 0.5) is 10.2 Å². The summed E-state index contributed by atoms with van der Waals surface area (Å²) >= 11 is 6.13. The molecular formula is C15H17ClFN3. The van der Waals surface area contributed by atoms with E-state index in [0.717, 1.165) is 5.56 Å². The van der Waals surface area contributed by atoms with Gasteiger partial charge in [0.15, 0.2) is 11.6 Å². The minimum absolute atomic E-state index is 0.295. The number of nitrogens with zero attached hydrogens (tertiary/aromatic N) is 2. The number of rotatable bonds is 5. The molecule has 0 radical (unpaired) electrons. The minimum atomic E-state index is -0.295. The predicted octanol–water partition coefficient (Wildman–Crippen LogP) is 3.23. The van der Waals surface area contributed by atoms with E-state index in [2.05, 4.69) is 10.3 Å². The fraction of sp³-hybridized carbons (Fsp3) is 0.267. The summed E-state index contributed by atoms with van der Waals surface area (Å²) in [5, 5.41) is 3.61. The summed E-state index contributed by atoms with van der Waals surface area (Å²) in [6.07, 6.45) is 1.62. The number of hydrogen-bond acceptors (Lipinski definition) is 3. The van der Waals surface area contributed by atoms with Gasteiger partial charge >= 0.3 is 0 Å². The van der Waals surface area contributed by atoms with Crippen molar-refractivity contribution in [2.24, 2.45) is 0 Å². The van der Waals surface area contributed by atoms with Gasteiger partial charge in [0, 0.05) is 36.9 Å². The topological polar surface area (TPSA) is 28.2 Å². The zero-order valence-corrected chi connectivity index (χ0v) is 12.3. The smallest absolute Gasteiger partial charge is 0.170 e. The van der Waals surface area contributed by atoms with E-state index in [0.29, 0.717) is 29.5 Å². The van der Waals surface area contributed by atoms with Crippen LogP contribution >= 0.6 is 11.6 Å². The molecule has 0 saturated heterocycles. The van der Waals surface area contributed by atoms with E-state index in [-0.39, 0.29) is 5.82 Å². The molecule has 2 rings (SSSR count). The Hall–Kier alpha value is -1.65. The molecule has 20 heavy (non-hydrogen) atoms. The van der Waals surface area contributed by atoms with Gasteiger partial charge in [0.2, 0.25) is 0 Å². The fourth-order valence-electron chi connectivity index (χ4n) is 2.02. The first kappa shape index (κ1) is 14.8. The third kappa shape index (κ3) is 3.26. The van der Waals surface area contributed by atoms with E-state index in [9.17, 15) is 4.39 Å². The van der Waals surface area contributed by atoms with Crippen molar-refractivity contribution in [1.82, 2.24) is 10.3 Å². The standard InChI is InChI=1S/C15H17ClFN3/c1-18-9-11-7-8-19-15(14(11)17)20(2)10-12-5-3-4-6-13(12)16/h3-8,18H,9-10H2,1-2H3. The number of aromatic nitrogens is 1. The molecule has 3 nitrogen and oxygen atoms in total. The molecule has 0 aliphatic carbocycles. The predicted molar refractivity (Wildman–Crippen MR) is 80.5 cm³/mol. The van der Waals surface area contributed by atoms with Crippen LogP contribution in [0.1, 0.15) is 11.1 Å². The molecule has 0 fully saturated rings. The summed E-state index contributed by atoms with van der Waals surface area (Å²) in [7, 11) is 3.59. The highest BCUT2D eigenvalue weighted by Crippen LogP contribution is 2.22. The average Bonchev–Trinajstić information content (AvgIpc) is 2.44. The molecule has 0 amide bonds. The van der Waals surface area contributed by atoms with Crippen molar-refractivity contribution in [3.05, 3.63) is 58.5 Å². The first-order valence-electron chi connectivity index (χ1n) is 6.36. The van der Waals surface area contributed by atoms with Gasteiger partial charge < -0.3 is 10.2 Å². The molecule has 0 unspecified atom stereocenters. The SMILES string of the molecule is CNCc1ccnc(N(C)Cc2ccccc2Cl)c1F. The average molecular weight is 294 g/mol. The molecule has 0 aliphatic heterocycles. The van der Waals surface area contributed by atoms with Crippen LogP contribution in [0, 0.1) is 5.82 Å². The van der Waals surface area contributed by atoms with Gasteiger partial charge in [-0.05, 0) is 24.7 Å². The van der Waals surface area contributed by atoms with Gasteiger partial charge in [-0.1, -0.05) is 29.8 Å². The lowest BCUT2D eigenvalue weighted by atomic mass is 10.2. The molecule has 0 saturated carbocycles. The van der Waals surface area contributed by atoms with Crippen LogP contribution in [0.2, 0.25) is 5.02 Å². The molecule has 106 valence electrons. The number of halogens is 2. The molecule has 0 atom stereocenters. The Balaban J connectivity index is 2.23. The number of anilines is 1. The van der Waals surface area contributed by atoms with E-state index in [1.807, 2.05) is 24.3 Å². The van der Waals surface area contributed by atoms with Crippen molar-refractivity contribution in [2.45, 2.75) is 13.1 Å². The number of nitrogens with one attached hydrogen (secondary N) is 1. The molecule has 1 heterocycles. The second kappa shape index (κ2) is 6.68. The van der Waals surface area contributed by atoms with E-state index in [1.165, 1.54) is 0 Å². The van der Waals surface area contributed by atoms with E-state index in [4.69, 9.17) is 11.6 Å². The third-order valence-corrected chi connectivity index (χ3v) is 3.41. The van der Waals surface area contributed by atoms with Gasteiger partial charge in [-0.15, -0.1) is 0 Å². The monoisotopic (exact) mass is 293 g/mol. The van der Waals surface area contributed by atoms with E-state index in [1.54, 1.807) is 31.3 Å². The molecule has 1 aromatic heterocycles. The Kier molecular flexibility index (Phi) is 4.93. The zero-order valence-electron chi connectivity index (χ0n) is 11.5. The maximum absolute atomic E-state index is 14.3. The highest BCUT2D eigenvalue weighted by atomic mass is 35.5. The summed E-state index contributed by atoms with van der Waals surface area (Å²) in [5.74, 6) is 0.0362. The van der Waals surface area contributed by atoms with Crippen LogP contribution in [0.25, 0.3) is 0 Å². The van der Waals surface area contributed by atoms with Gasteiger partial charge in [-0.25, -0.2) is 9.37 Å². The maximum Gasteiger partial charge on any atom is 0.170 e. The Morgan fingerprint density at radius 1 is 1.25 bits per heavy atom. The Morgan fingerprint density at radius 2 is 2.00 bits per heavy atom. The van der Waals surface area contributed by atoms with Gasteiger partial charge in [-0.3, -0.25) is 0 Å². The molecule has 1 N–H and O–H groups in total. The van der Waals surface area contributed by atoms with Crippen molar-refractivity contribution < 1.29 is 4.39 Å². The highest BCUT2D eigenvalue weighted by Gasteiger charge is 2.14. The van der Waals surface area contributed by atoms with Crippen LogP contribution in [0.5, 0.6) is 0 Å². The van der Waals surface area contributed by atoms with Crippen LogP contribution in [-0.4, -0.2) is 19.1 Å². The van der Waals surface area contributed by atoms with Gasteiger partial charge in [0.1, 0.15) is 0 Å². The maximum atomic E-state index is 14.3. The lowest BCUT2D eigenvalue weighted by molar-refractivity contribution is 0.589. The molecular weight excluding hydrogens is 277 g/mol. The van der Waals surface area contributed by atoms with Crippen LogP contribution in [0.15, 0.2) is 36.5 Å². The minimum Gasteiger partial charge on any atom is -0.353 e. The second-order valence-electron chi connectivity index (χ2n) is 4.59. The number of pyridine rings is 1. The van der Waals surface area contributed by atoms with Crippen molar-refractivity contribution in [1.29, 1.82) is 0 Å². The Bertz CT molecular complexity index is 589. The van der Waals surface area contributed by atoms with E-state index < -0.39 is 0 Å². The third-order valence-electron chi connectivity index (χ3n) is 3.04. The fourth-order valence-corrected chi connectivity index (χ4v) is 2.22. The van der Waals surface area contributed by atoms with E-state index >= 15 is 0 Å². The van der Waals surface area contributed by atoms with Gasteiger partial charge in [0.25, 0.3) is 0 Å². The second-order valence-corrected chi connectivity index (χ2v) is 4.99. The summed E-state index contributed by atoms with van der Waals surface area (Å²) in [5.41, 5.74) is 1.54. The lowest BCUT2D eigenvalue weighted by Crippen LogP contribution is -2.20. The molecule has 0 spiro atoms. The van der Waals surface area contributed by atoms with Gasteiger partial charge in [0.05, 0.1) is 0 Å². The normalized spacial score (nSPS) is 10.6. The van der Waals surface area contributed by atoms with Gasteiger partial charge in [-0.2, -0.15) is 0 Å². The summed E-state index contributed by atoms with van der Waals surface area (Å²) in [4.78, 5) is 5.89. The first-order valence-corrected chi connectivity index (χ1v) is 6.73. The number of hydrogen-bond donors (Lipinski definition) is 1. The summed E-state index contributed by atoms with van der Waals surface area (Å²) in [6.45, 7) is 0.980. The van der Waals surface area contributed by atoms with Crippen molar-refractivity contribution in [3.63, 3.8) is 0 Å². The largest absolute Gasteiger partial charge is 0.353 e. The van der Waals surface area contributed by atoms with Crippen molar-refractivity contribution in [2.75, 3.05) is 19.0 Å². The summed E-state index contributed by atoms with van der Waals surface area (Å²) in [6, 6.07) is 9.22. The summed E-state index contributed by atoms with van der Waals surface area (Å²) < 4.78 is 14.3. The quantitative estimate of drug-likeness (QED) is 0.917. The Morgan fingerprint density at radius 3 is 2.70 bits per heavy atom. The Labute approximate surface area is 123 Å². The first-order chi connectivity index (χ1) is 9.63. The zero-order chi connectivity index (χ0) is 14.5. The molecule has 2 aromatic rings. The molecule has 0 aliphatic rings. The van der Waals surface area contributed by atoms with Crippen molar-refractivity contribution in [3.8, 4) is 0 Å². The lowest BCUT2D eigenvalue weighted by Gasteiger charge is -2.20. The van der Waals surface area contributed by atoms with Crippen LogP contribution < -0.4 is 10.2 Å².